The van der Waals surface area contributed by atoms with Gasteiger partial charge in [0.05, 0.1) is 24.4 Å². The van der Waals surface area contributed by atoms with Crippen LogP contribution in [0.4, 0.5) is 5.82 Å². The zero-order valence-electron chi connectivity index (χ0n) is 14.0. The molecular formula is C17H20ClN5O. The Labute approximate surface area is 145 Å². The van der Waals surface area contributed by atoms with E-state index in [-0.39, 0.29) is 0 Å². The highest BCUT2D eigenvalue weighted by Crippen LogP contribution is 2.23. The third-order valence-corrected chi connectivity index (χ3v) is 4.30. The van der Waals surface area contributed by atoms with Gasteiger partial charge in [0, 0.05) is 35.3 Å². The fraction of sp³-hybridized carbons (Fsp3) is 0.353. The van der Waals surface area contributed by atoms with Gasteiger partial charge in [-0.3, -0.25) is 4.68 Å². The molecule has 6 nitrogen and oxygen atoms in total. The van der Waals surface area contributed by atoms with Crippen LogP contribution in [0, 0.1) is 13.8 Å². The Hall–Kier alpha value is -2.18. The highest BCUT2D eigenvalue weighted by atomic mass is 35.5. The van der Waals surface area contributed by atoms with Crippen molar-refractivity contribution in [2.75, 3.05) is 19.0 Å². The smallest absolute Gasteiger partial charge is 0.137 e. The predicted octanol–water partition coefficient (Wildman–Crippen LogP) is 3.36. The summed E-state index contributed by atoms with van der Waals surface area (Å²) >= 11 is 6.03. The Kier molecular flexibility index (Phi) is 4.97. The summed E-state index contributed by atoms with van der Waals surface area (Å²) in [4.78, 5) is 8.62. The van der Waals surface area contributed by atoms with Crippen LogP contribution in [0.25, 0.3) is 10.9 Å². The van der Waals surface area contributed by atoms with E-state index < -0.39 is 0 Å². The lowest BCUT2D eigenvalue weighted by molar-refractivity contribution is 0.182. The van der Waals surface area contributed by atoms with E-state index in [4.69, 9.17) is 16.3 Å². The maximum atomic E-state index is 6.03. The van der Waals surface area contributed by atoms with Crippen LogP contribution in [0.1, 0.15) is 17.0 Å². The number of methoxy groups -OCH3 is 1. The Bertz CT molecular complexity index is 862. The number of fused-ring (bicyclic) bond motifs is 1. The summed E-state index contributed by atoms with van der Waals surface area (Å²) in [6.45, 7) is 6.14. The average Bonchev–Trinajstić information content (AvgIpc) is 2.84. The first kappa shape index (κ1) is 16.7. The second-order valence-electron chi connectivity index (χ2n) is 5.60. The van der Waals surface area contributed by atoms with Crippen LogP contribution in [-0.2, 0) is 17.8 Å². The summed E-state index contributed by atoms with van der Waals surface area (Å²) in [5.74, 6) is 0.792. The van der Waals surface area contributed by atoms with Crippen molar-refractivity contribution in [3.63, 3.8) is 0 Å². The number of hydrogen-bond donors (Lipinski definition) is 1. The van der Waals surface area contributed by atoms with Gasteiger partial charge in [-0.15, -0.1) is 0 Å². The van der Waals surface area contributed by atoms with Crippen LogP contribution < -0.4 is 5.32 Å². The molecule has 0 spiro atoms. The monoisotopic (exact) mass is 345 g/mol. The highest BCUT2D eigenvalue weighted by Gasteiger charge is 2.12. The van der Waals surface area contributed by atoms with Gasteiger partial charge in [0.2, 0.25) is 0 Å². The van der Waals surface area contributed by atoms with Gasteiger partial charge < -0.3 is 10.1 Å². The number of hydrogen-bond acceptors (Lipinski definition) is 5. The fourth-order valence-electron chi connectivity index (χ4n) is 2.73. The molecule has 3 aromatic rings. The topological polar surface area (TPSA) is 64.9 Å². The van der Waals surface area contributed by atoms with E-state index in [2.05, 4.69) is 27.3 Å². The molecule has 0 amide bonds. The minimum atomic E-state index is 0.645. The number of aromatic nitrogens is 4. The number of nitrogens with one attached hydrogen (secondary N) is 1. The van der Waals surface area contributed by atoms with E-state index in [9.17, 15) is 0 Å². The largest absolute Gasteiger partial charge is 0.383 e. The molecule has 1 N–H and O–H groups in total. The zero-order chi connectivity index (χ0) is 17.1. The van der Waals surface area contributed by atoms with E-state index in [1.807, 2.05) is 29.8 Å². The first-order valence-corrected chi connectivity index (χ1v) is 8.14. The molecular weight excluding hydrogens is 326 g/mol. The molecule has 126 valence electrons. The molecule has 0 aliphatic carbocycles. The molecule has 2 aromatic heterocycles. The van der Waals surface area contributed by atoms with Gasteiger partial charge in [-0.2, -0.15) is 5.10 Å². The van der Waals surface area contributed by atoms with Crippen molar-refractivity contribution in [3.05, 3.63) is 46.5 Å². The van der Waals surface area contributed by atoms with Gasteiger partial charge >= 0.3 is 0 Å². The van der Waals surface area contributed by atoms with E-state index in [1.165, 1.54) is 5.56 Å². The maximum Gasteiger partial charge on any atom is 0.137 e. The number of nitrogens with zero attached hydrogens (tertiary/aromatic N) is 4. The van der Waals surface area contributed by atoms with Crippen molar-refractivity contribution < 1.29 is 4.74 Å². The van der Waals surface area contributed by atoms with Crippen LogP contribution in [0.3, 0.4) is 0 Å². The molecule has 0 aliphatic rings. The quantitative estimate of drug-likeness (QED) is 0.742. The fourth-order valence-corrected chi connectivity index (χ4v) is 2.89. The van der Waals surface area contributed by atoms with Crippen LogP contribution in [0.15, 0.2) is 24.5 Å². The molecule has 0 saturated heterocycles. The molecule has 0 fully saturated rings. The molecule has 0 atom stereocenters. The van der Waals surface area contributed by atoms with Gasteiger partial charge in [-0.25, -0.2) is 9.97 Å². The molecule has 1 aromatic carbocycles. The molecule has 0 aliphatic heterocycles. The SMILES string of the molecule is COCCn1nc(C)c(CNc2ncnc3cc(Cl)ccc23)c1C. The predicted molar refractivity (Wildman–Crippen MR) is 95.5 cm³/mol. The Balaban J connectivity index is 1.83. The maximum absolute atomic E-state index is 6.03. The second-order valence-corrected chi connectivity index (χ2v) is 6.04. The lowest BCUT2D eigenvalue weighted by atomic mass is 10.2. The average molecular weight is 346 g/mol. The molecule has 0 unspecified atom stereocenters. The van der Waals surface area contributed by atoms with Crippen LogP contribution in [-0.4, -0.2) is 33.5 Å². The summed E-state index contributed by atoms with van der Waals surface area (Å²) in [5.41, 5.74) is 4.15. The van der Waals surface area contributed by atoms with E-state index >= 15 is 0 Å². The van der Waals surface area contributed by atoms with Gasteiger partial charge in [0.25, 0.3) is 0 Å². The number of benzene rings is 1. The summed E-state index contributed by atoms with van der Waals surface area (Å²) < 4.78 is 7.11. The molecule has 0 radical (unpaired) electrons. The molecule has 3 rings (SSSR count). The van der Waals surface area contributed by atoms with Crippen molar-refractivity contribution >= 4 is 28.3 Å². The van der Waals surface area contributed by atoms with Crippen molar-refractivity contribution in [1.29, 1.82) is 0 Å². The summed E-state index contributed by atoms with van der Waals surface area (Å²) in [5, 5.41) is 9.59. The third-order valence-electron chi connectivity index (χ3n) is 4.07. The Morgan fingerprint density at radius 1 is 1.25 bits per heavy atom. The molecule has 0 bridgehead atoms. The van der Waals surface area contributed by atoms with Crippen molar-refractivity contribution in [2.45, 2.75) is 26.9 Å². The van der Waals surface area contributed by atoms with Gasteiger partial charge in [0.15, 0.2) is 0 Å². The number of rotatable bonds is 6. The summed E-state index contributed by atoms with van der Waals surface area (Å²) in [6, 6.07) is 5.61. The van der Waals surface area contributed by atoms with E-state index in [1.54, 1.807) is 13.4 Å². The first-order chi connectivity index (χ1) is 11.6. The number of anilines is 1. The van der Waals surface area contributed by atoms with Crippen molar-refractivity contribution in [3.8, 4) is 0 Å². The summed E-state index contributed by atoms with van der Waals surface area (Å²) in [7, 11) is 1.70. The molecule has 24 heavy (non-hydrogen) atoms. The van der Waals surface area contributed by atoms with E-state index in [0.29, 0.717) is 18.2 Å². The van der Waals surface area contributed by atoms with Crippen molar-refractivity contribution in [2.24, 2.45) is 0 Å². The second kappa shape index (κ2) is 7.15. The minimum Gasteiger partial charge on any atom is -0.383 e. The molecule has 0 saturated carbocycles. The summed E-state index contributed by atoms with van der Waals surface area (Å²) in [6.07, 6.45) is 1.54. The molecule has 2 heterocycles. The standard InChI is InChI=1S/C17H20ClN5O/c1-11-15(12(2)23(22-11)6-7-24-3)9-19-17-14-5-4-13(18)8-16(14)20-10-21-17/h4-5,8,10H,6-7,9H2,1-3H3,(H,19,20,21). The minimum absolute atomic E-state index is 0.645. The normalized spacial score (nSPS) is 11.2. The third kappa shape index (κ3) is 3.34. The van der Waals surface area contributed by atoms with Gasteiger partial charge in [-0.1, -0.05) is 11.6 Å². The first-order valence-electron chi connectivity index (χ1n) is 7.76. The number of aryl methyl sites for hydroxylation is 1. The van der Waals surface area contributed by atoms with Gasteiger partial charge in [-0.05, 0) is 32.0 Å². The Morgan fingerprint density at radius 2 is 2.08 bits per heavy atom. The van der Waals surface area contributed by atoms with E-state index in [0.717, 1.165) is 34.7 Å². The Morgan fingerprint density at radius 3 is 2.88 bits per heavy atom. The highest BCUT2D eigenvalue weighted by molar-refractivity contribution is 6.31. The number of halogens is 1. The van der Waals surface area contributed by atoms with Crippen LogP contribution >= 0.6 is 11.6 Å². The van der Waals surface area contributed by atoms with Crippen LogP contribution in [0.5, 0.6) is 0 Å². The lowest BCUT2D eigenvalue weighted by Gasteiger charge is -2.09. The van der Waals surface area contributed by atoms with Crippen molar-refractivity contribution in [1.82, 2.24) is 19.7 Å². The number of ether oxygens (including phenoxy) is 1. The lowest BCUT2D eigenvalue weighted by Crippen LogP contribution is -2.08. The van der Waals surface area contributed by atoms with Crippen LogP contribution in [0.2, 0.25) is 5.02 Å². The van der Waals surface area contributed by atoms with Gasteiger partial charge in [0.1, 0.15) is 12.1 Å². The molecule has 7 heteroatoms. The zero-order valence-corrected chi connectivity index (χ0v) is 14.8.